The van der Waals surface area contributed by atoms with E-state index in [9.17, 15) is 8.42 Å². The first-order valence-corrected chi connectivity index (χ1v) is 8.40. The minimum atomic E-state index is -3.49. The van der Waals surface area contributed by atoms with Gasteiger partial charge in [0.15, 0.2) is 0 Å². The number of rotatable bonds is 5. The second-order valence-electron chi connectivity index (χ2n) is 3.64. The summed E-state index contributed by atoms with van der Waals surface area (Å²) in [5.41, 5.74) is 5.44. The van der Waals surface area contributed by atoms with E-state index in [1.54, 1.807) is 12.1 Å². The molecule has 3 N–H and O–H groups in total. The van der Waals surface area contributed by atoms with Crippen LogP contribution in [0.5, 0.6) is 0 Å². The maximum Gasteiger partial charge on any atom is 0.240 e. The fourth-order valence-electron chi connectivity index (χ4n) is 1.36. The average Bonchev–Trinajstić information content (AvgIpc) is 2.75. The van der Waals surface area contributed by atoms with E-state index in [4.69, 9.17) is 5.73 Å². The summed E-state index contributed by atoms with van der Waals surface area (Å²) >= 11 is 4.51. The molecule has 0 aliphatic heterocycles. The van der Waals surface area contributed by atoms with Crippen LogP contribution >= 0.6 is 27.3 Å². The van der Waals surface area contributed by atoms with Crippen molar-refractivity contribution in [1.29, 1.82) is 0 Å². The predicted molar refractivity (Wildman–Crippen MR) is 77.4 cm³/mol. The molecule has 0 unspecified atom stereocenters. The van der Waals surface area contributed by atoms with E-state index in [0.717, 1.165) is 4.47 Å². The van der Waals surface area contributed by atoms with Crippen LogP contribution in [0.1, 0.15) is 5.01 Å². The number of hydrogen-bond donors (Lipinski definition) is 2. The Morgan fingerprint density at radius 3 is 2.53 bits per heavy atom. The quantitative estimate of drug-likeness (QED) is 0.837. The van der Waals surface area contributed by atoms with Crippen LogP contribution in [0.15, 0.2) is 33.6 Å². The molecule has 1 aromatic heterocycles. The van der Waals surface area contributed by atoms with E-state index in [-0.39, 0.29) is 11.4 Å². The Bertz CT molecular complexity index is 654. The van der Waals surface area contributed by atoms with Crippen molar-refractivity contribution in [3.05, 3.63) is 33.7 Å². The highest BCUT2D eigenvalue weighted by Gasteiger charge is 2.13. The van der Waals surface area contributed by atoms with Crippen molar-refractivity contribution in [2.75, 3.05) is 12.3 Å². The van der Waals surface area contributed by atoms with Gasteiger partial charge in [0.05, 0.1) is 4.90 Å². The van der Waals surface area contributed by atoms with Gasteiger partial charge in [0.25, 0.3) is 0 Å². The van der Waals surface area contributed by atoms with Gasteiger partial charge >= 0.3 is 0 Å². The van der Waals surface area contributed by atoms with E-state index >= 15 is 0 Å². The lowest BCUT2D eigenvalue weighted by molar-refractivity contribution is 0.581. The number of nitrogens with zero attached hydrogens (tertiary/aromatic N) is 2. The van der Waals surface area contributed by atoms with Gasteiger partial charge in [-0.05, 0) is 24.3 Å². The van der Waals surface area contributed by atoms with E-state index in [1.807, 2.05) is 0 Å². The second kappa shape index (κ2) is 5.95. The van der Waals surface area contributed by atoms with Crippen molar-refractivity contribution in [3.63, 3.8) is 0 Å². The molecule has 0 fully saturated rings. The zero-order valence-electron chi connectivity index (χ0n) is 9.71. The van der Waals surface area contributed by atoms with Crippen LogP contribution in [-0.4, -0.2) is 25.2 Å². The molecule has 0 atom stereocenters. The largest absolute Gasteiger partial charge is 0.374 e. The zero-order valence-corrected chi connectivity index (χ0v) is 12.9. The van der Waals surface area contributed by atoms with Crippen LogP contribution in [-0.2, 0) is 16.4 Å². The summed E-state index contributed by atoms with van der Waals surface area (Å²) in [6.07, 6.45) is 0.463. The first kappa shape index (κ1) is 14.4. The minimum Gasteiger partial charge on any atom is -0.374 e. The van der Waals surface area contributed by atoms with Crippen LogP contribution in [0.25, 0.3) is 0 Å². The van der Waals surface area contributed by atoms with Crippen LogP contribution in [0.3, 0.4) is 0 Å². The molecule has 102 valence electrons. The van der Waals surface area contributed by atoms with E-state index in [2.05, 4.69) is 30.8 Å². The lowest BCUT2D eigenvalue weighted by Gasteiger charge is -2.05. The first-order valence-electron chi connectivity index (χ1n) is 5.30. The van der Waals surface area contributed by atoms with Crippen LogP contribution < -0.4 is 10.5 Å². The molecule has 0 aliphatic carbocycles. The van der Waals surface area contributed by atoms with Gasteiger partial charge in [0, 0.05) is 17.4 Å². The van der Waals surface area contributed by atoms with Crippen molar-refractivity contribution in [1.82, 2.24) is 14.9 Å². The zero-order chi connectivity index (χ0) is 13.9. The molecule has 6 nitrogen and oxygen atoms in total. The van der Waals surface area contributed by atoms with Gasteiger partial charge < -0.3 is 5.73 Å². The molecule has 2 rings (SSSR count). The van der Waals surface area contributed by atoms with Gasteiger partial charge in [-0.2, -0.15) is 0 Å². The summed E-state index contributed by atoms with van der Waals surface area (Å²) in [4.78, 5) is 0.229. The smallest absolute Gasteiger partial charge is 0.240 e. The highest BCUT2D eigenvalue weighted by atomic mass is 79.9. The van der Waals surface area contributed by atoms with Crippen LogP contribution in [0.2, 0.25) is 0 Å². The third-order valence-corrected chi connectivity index (χ3v) is 5.06. The Hall–Kier alpha value is -1.03. The molecular formula is C10H11BrN4O2S2. The van der Waals surface area contributed by atoms with E-state index < -0.39 is 10.0 Å². The minimum absolute atomic E-state index is 0.229. The number of nitrogen functional groups attached to an aromatic ring is 1. The molecule has 0 amide bonds. The Kier molecular flexibility index (Phi) is 4.50. The molecule has 2 aromatic rings. The van der Waals surface area contributed by atoms with Crippen LogP contribution in [0, 0.1) is 0 Å². The second-order valence-corrected chi connectivity index (χ2v) is 7.41. The van der Waals surface area contributed by atoms with Crippen molar-refractivity contribution in [2.45, 2.75) is 11.3 Å². The van der Waals surface area contributed by atoms with Crippen molar-refractivity contribution < 1.29 is 8.42 Å². The number of sulfonamides is 1. The standard InChI is InChI=1S/C10H11BrN4O2S2/c11-7-1-3-8(4-2-7)19(16,17)13-6-5-9-14-15-10(12)18-9/h1-4,13H,5-6H2,(H2,12,15). The average molecular weight is 363 g/mol. The van der Waals surface area contributed by atoms with E-state index in [0.29, 0.717) is 16.6 Å². The fourth-order valence-corrected chi connectivity index (χ4v) is 3.26. The molecule has 0 aliphatic rings. The molecule has 9 heteroatoms. The lowest BCUT2D eigenvalue weighted by Crippen LogP contribution is -2.25. The summed E-state index contributed by atoms with van der Waals surface area (Å²) in [5.74, 6) is 0. The van der Waals surface area contributed by atoms with Gasteiger partial charge in [-0.3, -0.25) is 0 Å². The molecule has 1 heterocycles. The predicted octanol–water partition coefficient (Wildman–Crippen LogP) is 1.40. The normalized spacial score (nSPS) is 11.6. The molecule has 0 saturated carbocycles. The number of nitrogens with one attached hydrogen (secondary N) is 1. The van der Waals surface area contributed by atoms with Crippen molar-refractivity contribution in [3.8, 4) is 0 Å². The molecule has 19 heavy (non-hydrogen) atoms. The summed E-state index contributed by atoms with van der Waals surface area (Å²) < 4.78 is 27.2. The Labute approximate surface area is 123 Å². The summed E-state index contributed by atoms with van der Waals surface area (Å²) in [6, 6.07) is 6.44. The Morgan fingerprint density at radius 1 is 1.26 bits per heavy atom. The van der Waals surface area contributed by atoms with Gasteiger partial charge in [-0.15, -0.1) is 10.2 Å². The molecule has 0 bridgehead atoms. The number of halogens is 1. The molecule has 0 saturated heterocycles. The number of benzene rings is 1. The van der Waals surface area contributed by atoms with Gasteiger partial charge in [-0.25, -0.2) is 13.1 Å². The Morgan fingerprint density at radius 2 is 1.95 bits per heavy atom. The number of hydrogen-bond acceptors (Lipinski definition) is 6. The topological polar surface area (TPSA) is 98.0 Å². The van der Waals surface area contributed by atoms with Gasteiger partial charge in [-0.1, -0.05) is 27.3 Å². The first-order chi connectivity index (χ1) is 8.97. The number of nitrogens with two attached hydrogens (primary N) is 1. The molecule has 0 spiro atoms. The van der Waals surface area contributed by atoms with Crippen molar-refractivity contribution in [2.24, 2.45) is 0 Å². The van der Waals surface area contributed by atoms with Crippen LogP contribution in [0.4, 0.5) is 5.13 Å². The summed E-state index contributed by atoms with van der Waals surface area (Å²) in [5, 5.41) is 8.57. The maximum absolute atomic E-state index is 12.0. The third kappa shape index (κ3) is 3.96. The number of anilines is 1. The number of aromatic nitrogens is 2. The Balaban J connectivity index is 1.96. The lowest BCUT2D eigenvalue weighted by atomic mass is 10.4. The fraction of sp³-hybridized carbons (Fsp3) is 0.200. The molecule has 1 aromatic carbocycles. The molecular weight excluding hydrogens is 352 g/mol. The molecule has 0 radical (unpaired) electrons. The maximum atomic E-state index is 12.0. The van der Waals surface area contributed by atoms with Gasteiger partial charge in [0.2, 0.25) is 15.2 Å². The van der Waals surface area contributed by atoms with Gasteiger partial charge in [0.1, 0.15) is 5.01 Å². The third-order valence-electron chi connectivity index (χ3n) is 2.24. The summed E-state index contributed by atoms with van der Waals surface area (Å²) in [7, 11) is -3.49. The highest BCUT2D eigenvalue weighted by molar-refractivity contribution is 9.10. The highest BCUT2D eigenvalue weighted by Crippen LogP contribution is 2.15. The summed E-state index contributed by atoms with van der Waals surface area (Å²) in [6.45, 7) is 0.257. The van der Waals surface area contributed by atoms with Crippen molar-refractivity contribution >= 4 is 42.4 Å². The van der Waals surface area contributed by atoms with E-state index in [1.165, 1.54) is 23.5 Å². The monoisotopic (exact) mass is 362 g/mol. The SMILES string of the molecule is Nc1nnc(CCNS(=O)(=O)c2ccc(Br)cc2)s1.